The van der Waals surface area contributed by atoms with Crippen molar-refractivity contribution in [1.82, 2.24) is 9.88 Å². The molecular formula is C17H26ClN3OS. The molecule has 0 N–H and O–H groups in total. The van der Waals surface area contributed by atoms with Crippen molar-refractivity contribution in [3.8, 4) is 0 Å². The lowest BCUT2D eigenvalue weighted by Crippen LogP contribution is -2.37. The molecular weight excluding hydrogens is 330 g/mol. The molecule has 1 aromatic heterocycles. The first-order chi connectivity index (χ1) is 10.5. The van der Waals surface area contributed by atoms with Gasteiger partial charge in [-0.2, -0.15) is 0 Å². The van der Waals surface area contributed by atoms with E-state index < -0.39 is 0 Å². The van der Waals surface area contributed by atoms with Gasteiger partial charge in [-0.1, -0.05) is 31.3 Å². The van der Waals surface area contributed by atoms with Crippen LogP contribution in [0.1, 0.15) is 31.9 Å². The van der Waals surface area contributed by atoms with E-state index in [0.717, 1.165) is 35.0 Å². The van der Waals surface area contributed by atoms with Crippen LogP contribution in [-0.2, 0) is 4.79 Å². The van der Waals surface area contributed by atoms with Crippen LogP contribution in [0.5, 0.6) is 0 Å². The second-order valence-corrected chi connectivity index (χ2v) is 6.56. The van der Waals surface area contributed by atoms with E-state index in [-0.39, 0.29) is 18.3 Å². The molecule has 2 rings (SSSR count). The summed E-state index contributed by atoms with van der Waals surface area (Å²) in [6.07, 6.45) is 0. The molecule has 0 radical (unpaired) electrons. The quantitative estimate of drug-likeness (QED) is 0.784. The van der Waals surface area contributed by atoms with Gasteiger partial charge >= 0.3 is 0 Å². The number of halogens is 1. The summed E-state index contributed by atoms with van der Waals surface area (Å²) in [5.74, 6) is 0.0561. The summed E-state index contributed by atoms with van der Waals surface area (Å²) in [6, 6.07) is 4.22. The lowest BCUT2D eigenvalue weighted by molar-refractivity contribution is -0.116. The third kappa shape index (κ3) is 4.43. The summed E-state index contributed by atoms with van der Waals surface area (Å²) in [4.78, 5) is 20.9. The van der Waals surface area contributed by atoms with E-state index in [0.29, 0.717) is 6.54 Å². The molecule has 4 nitrogen and oxygen atoms in total. The molecule has 6 heteroatoms. The summed E-state index contributed by atoms with van der Waals surface area (Å²) in [6.45, 7) is 13.7. The number of benzene rings is 1. The molecule has 23 heavy (non-hydrogen) atoms. The average molecular weight is 356 g/mol. The fourth-order valence-corrected chi connectivity index (χ4v) is 3.59. The van der Waals surface area contributed by atoms with E-state index in [2.05, 4.69) is 44.7 Å². The zero-order valence-electron chi connectivity index (χ0n) is 14.5. The monoisotopic (exact) mass is 355 g/mol. The van der Waals surface area contributed by atoms with Crippen LogP contribution in [0.15, 0.2) is 12.1 Å². The van der Waals surface area contributed by atoms with E-state index >= 15 is 0 Å². The van der Waals surface area contributed by atoms with Crippen molar-refractivity contribution < 1.29 is 4.79 Å². The van der Waals surface area contributed by atoms with Crippen molar-refractivity contribution in [3.05, 3.63) is 23.3 Å². The molecule has 0 aliphatic carbocycles. The fraction of sp³-hybridized carbons (Fsp3) is 0.529. The van der Waals surface area contributed by atoms with Crippen LogP contribution in [0, 0.1) is 13.8 Å². The van der Waals surface area contributed by atoms with Crippen molar-refractivity contribution >= 4 is 45.0 Å². The van der Waals surface area contributed by atoms with Gasteiger partial charge in [0.25, 0.3) is 0 Å². The Kier molecular flexibility index (Phi) is 7.45. The molecule has 0 unspecified atom stereocenters. The summed E-state index contributed by atoms with van der Waals surface area (Å²) < 4.78 is 1.15. The Morgan fingerprint density at radius 1 is 1.17 bits per heavy atom. The third-order valence-corrected chi connectivity index (χ3v) is 5.26. The largest absolute Gasteiger partial charge is 0.302 e. The van der Waals surface area contributed by atoms with Crippen molar-refractivity contribution in [1.29, 1.82) is 0 Å². The molecule has 1 heterocycles. The maximum Gasteiger partial charge on any atom is 0.225 e. The number of nitrogens with zero attached hydrogens (tertiary/aromatic N) is 3. The minimum Gasteiger partial charge on any atom is -0.302 e. The Balaban J connectivity index is 0.00000264. The van der Waals surface area contributed by atoms with Gasteiger partial charge in [-0.15, -0.1) is 12.4 Å². The zero-order valence-corrected chi connectivity index (χ0v) is 16.2. The van der Waals surface area contributed by atoms with Crippen LogP contribution < -0.4 is 4.90 Å². The highest BCUT2D eigenvalue weighted by Gasteiger charge is 2.18. The van der Waals surface area contributed by atoms with Crippen LogP contribution in [0.2, 0.25) is 0 Å². The van der Waals surface area contributed by atoms with Crippen LogP contribution >= 0.6 is 23.7 Å². The zero-order chi connectivity index (χ0) is 16.3. The molecule has 0 aliphatic heterocycles. The van der Waals surface area contributed by atoms with E-state index in [1.165, 1.54) is 11.1 Å². The number of carbonyl (C=O) groups excluding carboxylic acids is 1. The Morgan fingerprint density at radius 2 is 1.83 bits per heavy atom. The summed E-state index contributed by atoms with van der Waals surface area (Å²) in [5.41, 5.74) is 3.46. The van der Waals surface area contributed by atoms with E-state index in [4.69, 9.17) is 4.98 Å². The Labute approximate surface area is 148 Å². The first-order valence-electron chi connectivity index (χ1n) is 7.85. The SMILES string of the molecule is CCN(CC)CCN(C(C)=O)c1nc2c(C)c(C)ccc2s1.Cl. The lowest BCUT2D eigenvalue weighted by Gasteiger charge is -2.23. The first kappa shape index (κ1) is 19.9. The molecule has 0 aliphatic rings. The normalized spacial score (nSPS) is 10.9. The van der Waals surface area contributed by atoms with Crippen LogP contribution in [0.25, 0.3) is 10.2 Å². The van der Waals surface area contributed by atoms with Crippen molar-refractivity contribution in [2.45, 2.75) is 34.6 Å². The van der Waals surface area contributed by atoms with Gasteiger partial charge in [0.2, 0.25) is 5.91 Å². The number of thiazole rings is 1. The summed E-state index contributed by atoms with van der Waals surface area (Å²) in [5, 5.41) is 0.809. The van der Waals surface area contributed by atoms with Gasteiger partial charge in [0.15, 0.2) is 5.13 Å². The Bertz CT molecular complexity index is 667. The highest BCUT2D eigenvalue weighted by atomic mass is 35.5. The minimum atomic E-state index is 0. The van der Waals surface area contributed by atoms with Crippen molar-refractivity contribution in [2.75, 3.05) is 31.1 Å². The number of rotatable bonds is 6. The number of hydrogen-bond acceptors (Lipinski definition) is 4. The second-order valence-electron chi connectivity index (χ2n) is 5.55. The van der Waals surface area contributed by atoms with E-state index in [1.807, 2.05) is 0 Å². The van der Waals surface area contributed by atoms with Gasteiger partial charge in [-0.05, 0) is 44.1 Å². The van der Waals surface area contributed by atoms with E-state index in [9.17, 15) is 4.79 Å². The summed E-state index contributed by atoms with van der Waals surface area (Å²) in [7, 11) is 0. The molecule has 2 aromatic rings. The molecule has 128 valence electrons. The van der Waals surface area contributed by atoms with Gasteiger partial charge in [0.05, 0.1) is 10.2 Å². The van der Waals surface area contributed by atoms with Gasteiger partial charge < -0.3 is 4.90 Å². The highest BCUT2D eigenvalue weighted by molar-refractivity contribution is 7.22. The molecule has 0 saturated carbocycles. The molecule has 1 amide bonds. The predicted octanol–water partition coefficient (Wildman–Crippen LogP) is 4.03. The standard InChI is InChI=1S/C17H25N3OS.ClH/c1-6-19(7-2)10-11-20(14(5)21)17-18-16-13(4)12(3)8-9-15(16)22-17;/h8-9H,6-7,10-11H2,1-5H3;1H. The van der Waals surface area contributed by atoms with Gasteiger partial charge in [-0.25, -0.2) is 4.98 Å². The van der Waals surface area contributed by atoms with Gasteiger partial charge in [-0.3, -0.25) is 9.69 Å². The molecule has 1 aromatic carbocycles. The van der Waals surface area contributed by atoms with Gasteiger partial charge in [0, 0.05) is 20.0 Å². The molecule has 0 bridgehead atoms. The number of aromatic nitrogens is 1. The predicted molar refractivity (Wildman–Crippen MR) is 102 cm³/mol. The number of hydrogen-bond donors (Lipinski definition) is 0. The number of fused-ring (bicyclic) bond motifs is 1. The van der Waals surface area contributed by atoms with Gasteiger partial charge in [0.1, 0.15) is 0 Å². The molecule has 0 spiro atoms. The minimum absolute atomic E-state index is 0. The average Bonchev–Trinajstić information content (AvgIpc) is 2.91. The smallest absolute Gasteiger partial charge is 0.225 e. The number of aryl methyl sites for hydroxylation is 2. The molecule has 0 atom stereocenters. The summed E-state index contributed by atoms with van der Waals surface area (Å²) >= 11 is 1.60. The first-order valence-corrected chi connectivity index (χ1v) is 8.66. The van der Waals surface area contributed by atoms with Crippen LogP contribution in [0.3, 0.4) is 0 Å². The number of carbonyl (C=O) groups is 1. The van der Waals surface area contributed by atoms with Crippen LogP contribution in [-0.4, -0.2) is 42.0 Å². The van der Waals surface area contributed by atoms with Crippen LogP contribution in [0.4, 0.5) is 5.13 Å². The molecule has 0 fully saturated rings. The third-order valence-electron chi connectivity index (χ3n) is 4.22. The highest BCUT2D eigenvalue weighted by Crippen LogP contribution is 2.31. The second kappa shape index (κ2) is 8.62. The maximum atomic E-state index is 12.0. The van der Waals surface area contributed by atoms with Crippen molar-refractivity contribution in [2.24, 2.45) is 0 Å². The lowest BCUT2D eigenvalue weighted by atomic mass is 10.1. The fourth-order valence-electron chi connectivity index (χ4n) is 2.50. The topological polar surface area (TPSA) is 36.4 Å². The number of anilines is 1. The Hall–Kier alpha value is -1.17. The Morgan fingerprint density at radius 3 is 2.39 bits per heavy atom. The maximum absolute atomic E-state index is 12.0. The number of likely N-dealkylation sites (N-methyl/N-ethyl adjacent to an activating group) is 1. The van der Waals surface area contributed by atoms with E-state index in [1.54, 1.807) is 23.2 Å². The molecule has 0 saturated heterocycles. The number of amides is 1. The van der Waals surface area contributed by atoms with Crippen molar-refractivity contribution in [3.63, 3.8) is 0 Å².